The lowest BCUT2D eigenvalue weighted by Gasteiger charge is -2.19. The van der Waals surface area contributed by atoms with Gasteiger partial charge in [-0.1, -0.05) is 36.4 Å². The number of rotatable bonds is 7. The van der Waals surface area contributed by atoms with E-state index >= 15 is 0 Å². The van der Waals surface area contributed by atoms with E-state index in [0.29, 0.717) is 5.56 Å². The molecule has 4 rings (SSSR count). The molecule has 0 saturated carbocycles. The summed E-state index contributed by atoms with van der Waals surface area (Å²) in [5.74, 6) is -2.31. The highest BCUT2D eigenvalue weighted by Crippen LogP contribution is 2.22. The van der Waals surface area contributed by atoms with E-state index < -0.39 is 29.4 Å². The lowest BCUT2D eigenvalue weighted by Crippen LogP contribution is -2.44. The van der Waals surface area contributed by atoms with Crippen LogP contribution >= 0.6 is 0 Å². The van der Waals surface area contributed by atoms with Gasteiger partial charge in [0.1, 0.15) is 17.7 Å². The maximum absolute atomic E-state index is 14.8. The molecule has 1 unspecified atom stereocenters. The van der Waals surface area contributed by atoms with Gasteiger partial charge in [0.2, 0.25) is 0 Å². The van der Waals surface area contributed by atoms with Crippen LogP contribution in [0.1, 0.15) is 20.7 Å². The lowest BCUT2D eigenvalue weighted by molar-refractivity contribution is 0.0845. The van der Waals surface area contributed by atoms with Crippen molar-refractivity contribution >= 4 is 11.7 Å². The molecule has 5 nitrogen and oxygen atoms in total. The summed E-state index contributed by atoms with van der Waals surface area (Å²) < 4.78 is 29.7. The second kappa shape index (κ2) is 9.34. The highest BCUT2D eigenvalue weighted by Gasteiger charge is 2.24. The maximum atomic E-state index is 14.8. The van der Waals surface area contributed by atoms with Crippen LogP contribution in [0.15, 0.2) is 91.5 Å². The van der Waals surface area contributed by atoms with Crippen LogP contribution in [0.2, 0.25) is 0 Å². The molecule has 1 aromatic heterocycles. The summed E-state index contributed by atoms with van der Waals surface area (Å²) in [5.41, 5.74) is 1.52. The van der Waals surface area contributed by atoms with Gasteiger partial charge < -0.3 is 9.88 Å². The zero-order valence-corrected chi connectivity index (χ0v) is 16.9. The molecular formula is C25H19F2N3O2. The molecule has 32 heavy (non-hydrogen) atoms. The van der Waals surface area contributed by atoms with E-state index in [4.69, 9.17) is 0 Å². The van der Waals surface area contributed by atoms with Crippen LogP contribution in [0, 0.1) is 11.6 Å². The molecule has 0 aliphatic carbocycles. The average molecular weight is 431 g/mol. The molecular weight excluding hydrogens is 412 g/mol. The van der Waals surface area contributed by atoms with Crippen LogP contribution in [-0.4, -0.2) is 27.3 Å². The Balaban J connectivity index is 1.58. The molecule has 4 aromatic rings. The van der Waals surface area contributed by atoms with Crippen LogP contribution in [0.5, 0.6) is 0 Å². The maximum Gasteiger partial charge on any atom is 0.254 e. The summed E-state index contributed by atoms with van der Waals surface area (Å²) >= 11 is 0. The minimum Gasteiger partial charge on any atom is -0.340 e. The van der Waals surface area contributed by atoms with Gasteiger partial charge in [-0.2, -0.15) is 0 Å². The Morgan fingerprint density at radius 2 is 1.69 bits per heavy atom. The fourth-order valence-corrected chi connectivity index (χ4v) is 3.36. The Bertz CT molecular complexity index is 1220. The van der Waals surface area contributed by atoms with Gasteiger partial charge in [0.05, 0.1) is 18.4 Å². The van der Waals surface area contributed by atoms with Crippen molar-refractivity contribution in [3.05, 3.63) is 114 Å². The van der Waals surface area contributed by atoms with E-state index in [-0.39, 0.29) is 17.7 Å². The predicted molar refractivity (Wildman–Crippen MR) is 116 cm³/mol. The van der Waals surface area contributed by atoms with Crippen LogP contribution in [-0.2, 0) is 6.54 Å². The number of hydrogen-bond donors (Lipinski definition) is 1. The van der Waals surface area contributed by atoms with Crippen molar-refractivity contribution < 1.29 is 18.4 Å². The average Bonchev–Trinajstić information content (AvgIpc) is 3.32. The standard InChI is InChI=1S/C25H19F2N3O2/c26-20-9-6-18(7-10-20)24(31)23(15-30-13-12-28-16-30)29-25(32)21-11-8-19(14-22(21)27)17-4-2-1-3-5-17/h1-14,16,23H,15H2,(H,29,32). The number of ketones is 1. The zero-order valence-electron chi connectivity index (χ0n) is 16.9. The molecule has 0 fully saturated rings. The Hall–Kier alpha value is -4.13. The number of halogens is 2. The summed E-state index contributed by atoms with van der Waals surface area (Å²) in [5, 5.41) is 2.61. The Kier molecular flexibility index (Phi) is 6.17. The largest absolute Gasteiger partial charge is 0.340 e. The van der Waals surface area contributed by atoms with Crippen molar-refractivity contribution in [2.75, 3.05) is 0 Å². The van der Waals surface area contributed by atoms with Gasteiger partial charge in [-0.25, -0.2) is 13.8 Å². The van der Waals surface area contributed by atoms with E-state index in [0.717, 1.165) is 5.56 Å². The Morgan fingerprint density at radius 1 is 0.938 bits per heavy atom. The molecule has 0 aliphatic rings. The van der Waals surface area contributed by atoms with E-state index in [1.54, 1.807) is 23.0 Å². The number of amides is 1. The van der Waals surface area contributed by atoms with Crippen LogP contribution in [0.25, 0.3) is 11.1 Å². The van der Waals surface area contributed by atoms with Crippen molar-refractivity contribution in [1.29, 1.82) is 0 Å². The predicted octanol–water partition coefficient (Wildman–Crippen LogP) is 4.51. The molecule has 1 heterocycles. The van der Waals surface area contributed by atoms with Crippen molar-refractivity contribution in [1.82, 2.24) is 14.9 Å². The van der Waals surface area contributed by atoms with E-state index in [1.165, 1.54) is 42.7 Å². The first-order valence-corrected chi connectivity index (χ1v) is 9.92. The molecule has 1 atom stereocenters. The van der Waals surface area contributed by atoms with Crippen molar-refractivity contribution in [2.45, 2.75) is 12.6 Å². The highest BCUT2D eigenvalue weighted by molar-refractivity contribution is 6.04. The summed E-state index contributed by atoms with van der Waals surface area (Å²) in [6.07, 6.45) is 4.70. The lowest BCUT2D eigenvalue weighted by atomic mass is 10.0. The van der Waals surface area contributed by atoms with Gasteiger partial charge in [0.25, 0.3) is 5.91 Å². The number of nitrogens with zero attached hydrogens (tertiary/aromatic N) is 2. The Morgan fingerprint density at radius 3 is 2.34 bits per heavy atom. The number of carbonyl (C=O) groups excluding carboxylic acids is 2. The molecule has 1 amide bonds. The monoisotopic (exact) mass is 431 g/mol. The molecule has 7 heteroatoms. The smallest absolute Gasteiger partial charge is 0.254 e. The van der Waals surface area contributed by atoms with Gasteiger partial charge in [0.15, 0.2) is 5.78 Å². The molecule has 0 aliphatic heterocycles. The second-order valence-corrected chi connectivity index (χ2v) is 7.22. The normalized spacial score (nSPS) is 11.7. The minimum absolute atomic E-state index is 0.0890. The topological polar surface area (TPSA) is 64.0 Å². The molecule has 0 spiro atoms. The third kappa shape index (κ3) is 4.78. The number of benzene rings is 3. The number of aromatic nitrogens is 2. The van der Waals surface area contributed by atoms with Crippen molar-refractivity contribution in [3.63, 3.8) is 0 Å². The number of carbonyl (C=O) groups is 2. The third-order valence-electron chi connectivity index (χ3n) is 5.02. The van der Waals surface area contributed by atoms with Gasteiger partial charge >= 0.3 is 0 Å². The van der Waals surface area contributed by atoms with Crippen molar-refractivity contribution in [2.24, 2.45) is 0 Å². The minimum atomic E-state index is -1.00. The van der Waals surface area contributed by atoms with Crippen LogP contribution < -0.4 is 5.32 Å². The van der Waals surface area contributed by atoms with E-state index in [9.17, 15) is 18.4 Å². The first kappa shape index (κ1) is 21.1. The van der Waals surface area contributed by atoms with Gasteiger partial charge in [0, 0.05) is 18.0 Å². The van der Waals surface area contributed by atoms with E-state index in [1.807, 2.05) is 30.3 Å². The summed E-state index contributed by atoms with van der Waals surface area (Å²) in [7, 11) is 0. The highest BCUT2D eigenvalue weighted by atomic mass is 19.1. The molecule has 0 bridgehead atoms. The van der Waals surface area contributed by atoms with Gasteiger partial charge in [-0.05, 0) is 47.5 Å². The molecule has 1 N–H and O–H groups in total. The summed E-state index contributed by atoms with van der Waals surface area (Å²) in [4.78, 5) is 29.8. The number of Topliss-reactive ketones (excluding diaryl/α,β-unsaturated/α-hetero) is 1. The zero-order chi connectivity index (χ0) is 22.5. The fourth-order valence-electron chi connectivity index (χ4n) is 3.36. The summed E-state index contributed by atoms with van der Waals surface area (Å²) in [6, 6.07) is 17.6. The van der Waals surface area contributed by atoms with Crippen molar-refractivity contribution in [3.8, 4) is 11.1 Å². The quantitative estimate of drug-likeness (QED) is 0.438. The second-order valence-electron chi connectivity index (χ2n) is 7.22. The number of nitrogens with one attached hydrogen (secondary N) is 1. The van der Waals surface area contributed by atoms with E-state index in [2.05, 4.69) is 10.3 Å². The SMILES string of the molecule is O=C(NC(Cn1ccnc1)C(=O)c1ccc(F)cc1)c1ccc(-c2ccccc2)cc1F. The Labute approximate surface area is 183 Å². The molecule has 0 saturated heterocycles. The first-order chi connectivity index (χ1) is 15.5. The molecule has 160 valence electrons. The summed E-state index contributed by atoms with van der Waals surface area (Å²) in [6.45, 7) is 0.0890. The molecule has 3 aromatic carbocycles. The van der Waals surface area contributed by atoms with Gasteiger partial charge in [-0.15, -0.1) is 0 Å². The van der Waals surface area contributed by atoms with Crippen LogP contribution in [0.4, 0.5) is 8.78 Å². The third-order valence-corrected chi connectivity index (χ3v) is 5.02. The van der Waals surface area contributed by atoms with Gasteiger partial charge in [-0.3, -0.25) is 9.59 Å². The molecule has 0 radical (unpaired) electrons. The first-order valence-electron chi connectivity index (χ1n) is 9.92. The fraction of sp³-hybridized carbons (Fsp3) is 0.0800. The number of hydrogen-bond acceptors (Lipinski definition) is 3. The van der Waals surface area contributed by atoms with Crippen LogP contribution in [0.3, 0.4) is 0 Å². The number of imidazole rings is 1.